The summed E-state index contributed by atoms with van der Waals surface area (Å²) in [6.07, 6.45) is 6.00. The molecule has 1 N–H and O–H groups in total. The number of carboxylic acid groups (broad SMARTS) is 1. The summed E-state index contributed by atoms with van der Waals surface area (Å²) in [5.74, 6) is 0.0871. The highest BCUT2D eigenvalue weighted by atomic mass is 16.4. The van der Waals surface area contributed by atoms with Crippen molar-refractivity contribution in [3.63, 3.8) is 0 Å². The molecule has 0 spiro atoms. The number of carboxylic acids is 1. The number of rotatable bonds is 8. The van der Waals surface area contributed by atoms with Crippen molar-refractivity contribution in [2.45, 2.75) is 58.9 Å². The molecule has 1 aliphatic rings. The van der Waals surface area contributed by atoms with Crippen molar-refractivity contribution in [1.29, 1.82) is 0 Å². The van der Waals surface area contributed by atoms with Crippen LogP contribution in [0.2, 0.25) is 0 Å². The molecule has 0 heterocycles. The zero-order chi connectivity index (χ0) is 16.0. The van der Waals surface area contributed by atoms with Crippen LogP contribution in [0.15, 0.2) is 0 Å². The van der Waals surface area contributed by atoms with E-state index < -0.39 is 5.97 Å². The van der Waals surface area contributed by atoms with Crippen LogP contribution in [0, 0.1) is 11.3 Å². The van der Waals surface area contributed by atoms with Gasteiger partial charge in [-0.15, -0.1) is 0 Å². The van der Waals surface area contributed by atoms with Crippen molar-refractivity contribution in [2.24, 2.45) is 11.3 Å². The first-order valence-corrected chi connectivity index (χ1v) is 8.36. The largest absolute Gasteiger partial charge is 0.480 e. The summed E-state index contributed by atoms with van der Waals surface area (Å²) in [6.45, 7) is 8.98. The first kappa shape index (κ1) is 18.4. The molecule has 0 saturated heterocycles. The lowest BCUT2D eigenvalue weighted by Crippen LogP contribution is -2.45. The number of likely N-dealkylation sites (N-methyl/N-ethyl adjacent to an activating group) is 1. The molecule has 4 heteroatoms. The molecule has 0 amide bonds. The summed E-state index contributed by atoms with van der Waals surface area (Å²) in [5.41, 5.74) is 0.423. The van der Waals surface area contributed by atoms with E-state index in [0.717, 1.165) is 31.8 Å². The SMILES string of the molecule is CCC(C)(C)C1CCC(N(CCN(C)C)CC(=O)O)CC1. The molecule has 4 nitrogen and oxygen atoms in total. The molecule has 0 aromatic heterocycles. The van der Waals surface area contributed by atoms with Gasteiger partial charge in [-0.1, -0.05) is 27.2 Å². The van der Waals surface area contributed by atoms with Crippen LogP contribution in [-0.2, 0) is 4.79 Å². The van der Waals surface area contributed by atoms with E-state index in [4.69, 9.17) is 5.11 Å². The zero-order valence-electron chi connectivity index (χ0n) is 14.6. The van der Waals surface area contributed by atoms with Crippen LogP contribution in [0.25, 0.3) is 0 Å². The van der Waals surface area contributed by atoms with E-state index in [1.54, 1.807) is 0 Å². The smallest absolute Gasteiger partial charge is 0.317 e. The third-order valence-corrected chi connectivity index (χ3v) is 5.40. The molecule has 1 aliphatic carbocycles. The minimum atomic E-state index is -0.704. The normalized spacial score (nSPS) is 23.8. The second-order valence-electron chi connectivity index (χ2n) is 7.52. The molecule has 124 valence electrons. The number of hydrogen-bond donors (Lipinski definition) is 1. The summed E-state index contributed by atoms with van der Waals surface area (Å²) in [5, 5.41) is 9.14. The maximum Gasteiger partial charge on any atom is 0.317 e. The average Bonchev–Trinajstić information content (AvgIpc) is 2.43. The summed E-state index contributed by atoms with van der Waals surface area (Å²) in [7, 11) is 4.08. The Morgan fingerprint density at radius 2 is 1.71 bits per heavy atom. The van der Waals surface area contributed by atoms with Gasteiger partial charge in [0.2, 0.25) is 0 Å². The van der Waals surface area contributed by atoms with Crippen LogP contribution in [0.4, 0.5) is 0 Å². The van der Waals surface area contributed by atoms with Gasteiger partial charge in [-0.25, -0.2) is 0 Å². The maximum absolute atomic E-state index is 11.1. The van der Waals surface area contributed by atoms with Crippen molar-refractivity contribution in [3.05, 3.63) is 0 Å². The molecule has 1 rings (SSSR count). The van der Waals surface area contributed by atoms with E-state index in [1.807, 2.05) is 14.1 Å². The maximum atomic E-state index is 11.1. The molecular weight excluding hydrogens is 264 g/mol. The van der Waals surface area contributed by atoms with Crippen LogP contribution in [0.5, 0.6) is 0 Å². The fraction of sp³-hybridized carbons (Fsp3) is 0.941. The molecular formula is C17H34N2O2. The summed E-state index contributed by atoms with van der Waals surface area (Å²) in [6, 6.07) is 0.449. The first-order chi connectivity index (χ1) is 9.76. The van der Waals surface area contributed by atoms with Gasteiger partial charge >= 0.3 is 5.97 Å². The fourth-order valence-corrected chi connectivity index (χ4v) is 3.40. The Kier molecular flexibility index (Phi) is 7.14. The first-order valence-electron chi connectivity index (χ1n) is 8.36. The van der Waals surface area contributed by atoms with Crippen molar-refractivity contribution >= 4 is 5.97 Å². The van der Waals surface area contributed by atoms with Gasteiger partial charge in [0.25, 0.3) is 0 Å². The van der Waals surface area contributed by atoms with E-state index in [-0.39, 0.29) is 6.54 Å². The van der Waals surface area contributed by atoms with Crippen LogP contribution >= 0.6 is 0 Å². The van der Waals surface area contributed by atoms with E-state index in [2.05, 4.69) is 30.6 Å². The lowest BCUT2D eigenvalue weighted by atomic mass is 9.68. The topological polar surface area (TPSA) is 43.8 Å². The highest BCUT2D eigenvalue weighted by Crippen LogP contribution is 2.41. The fourth-order valence-electron chi connectivity index (χ4n) is 3.40. The Bertz CT molecular complexity index is 321. The predicted molar refractivity (Wildman–Crippen MR) is 87.6 cm³/mol. The highest BCUT2D eigenvalue weighted by Gasteiger charge is 2.33. The molecule has 1 fully saturated rings. The Morgan fingerprint density at radius 3 is 2.14 bits per heavy atom. The summed E-state index contributed by atoms with van der Waals surface area (Å²) < 4.78 is 0. The minimum Gasteiger partial charge on any atom is -0.480 e. The Hall–Kier alpha value is -0.610. The van der Waals surface area contributed by atoms with Gasteiger partial charge in [-0.3, -0.25) is 9.69 Å². The van der Waals surface area contributed by atoms with Crippen molar-refractivity contribution in [2.75, 3.05) is 33.7 Å². The standard InChI is InChI=1S/C17H34N2O2/c1-6-17(2,3)14-7-9-15(10-8-14)19(13-16(20)21)12-11-18(4)5/h14-15H,6-13H2,1-5H3,(H,20,21). The summed E-state index contributed by atoms with van der Waals surface area (Å²) in [4.78, 5) is 15.4. The van der Waals surface area contributed by atoms with E-state index >= 15 is 0 Å². The molecule has 1 saturated carbocycles. The Labute approximate surface area is 130 Å². The Morgan fingerprint density at radius 1 is 1.14 bits per heavy atom. The molecule has 21 heavy (non-hydrogen) atoms. The number of hydrogen-bond acceptors (Lipinski definition) is 3. The van der Waals surface area contributed by atoms with Gasteiger partial charge < -0.3 is 10.0 Å². The third kappa shape index (κ3) is 5.95. The van der Waals surface area contributed by atoms with Gasteiger partial charge in [0, 0.05) is 19.1 Å². The lowest BCUT2D eigenvalue weighted by Gasteiger charge is -2.42. The third-order valence-electron chi connectivity index (χ3n) is 5.40. The highest BCUT2D eigenvalue weighted by molar-refractivity contribution is 5.69. The van der Waals surface area contributed by atoms with Crippen LogP contribution < -0.4 is 0 Å². The van der Waals surface area contributed by atoms with Crippen molar-refractivity contribution < 1.29 is 9.90 Å². The second-order valence-corrected chi connectivity index (χ2v) is 7.52. The van der Waals surface area contributed by atoms with Gasteiger partial charge in [0.1, 0.15) is 0 Å². The lowest BCUT2D eigenvalue weighted by molar-refractivity contribution is -0.139. The van der Waals surface area contributed by atoms with Crippen LogP contribution in [0.3, 0.4) is 0 Å². The predicted octanol–water partition coefficient (Wildman–Crippen LogP) is 2.93. The van der Waals surface area contributed by atoms with Crippen LogP contribution in [0.1, 0.15) is 52.9 Å². The summed E-state index contributed by atoms with van der Waals surface area (Å²) >= 11 is 0. The quantitative estimate of drug-likeness (QED) is 0.748. The number of carbonyl (C=O) groups is 1. The van der Waals surface area contributed by atoms with E-state index in [0.29, 0.717) is 11.5 Å². The van der Waals surface area contributed by atoms with Gasteiger partial charge in [0.15, 0.2) is 0 Å². The van der Waals surface area contributed by atoms with Gasteiger partial charge in [0.05, 0.1) is 6.54 Å². The molecule has 0 aromatic carbocycles. The van der Waals surface area contributed by atoms with Crippen LogP contribution in [-0.4, -0.2) is 60.6 Å². The average molecular weight is 298 g/mol. The van der Waals surface area contributed by atoms with Gasteiger partial charge in [-0.05, 0) is 51.1 Å². The number of aliphatic carboxylic acids is 1. The monoisotopic (exact) mass is 298 g/mol. The molecule has 0 unspecified atom stereocenters. The number of nitrogens with zero attached hydrogens (tertiary/aromatic N) is 2. The molecule has 0 radical (unpaired) electrons. The minimum absolute atomic E-state index is 0.181. The Balaban J connectivity index is 2.56. The van der Waals surface area contributed by atoms with Crippen molar-refractivity contribution in [1.82, 2.24) is 9.80 Å². The zero-order valence-corrected chi connectivity index (χ0v) is 14.6. The van der Waals surface area contributed by atoms with E-state index in [9.17, 15) is 4.79 Å². The van der Waals surface area contributed by atoms with E-state index in [1.165, 1.54) is 19.3 Å². The molecule has 0 bridgehead atoms. The second kappa shape index (κ2) is 8.14. The van der Waals surface area contributed by atoms with Crippen molar-refractivity contribution in [3.8, 4) is 0 Å². The molecule has 0 aliphatic heterocycles. The molecule has 0 aromatic rings. The molecule has 0 atom stereocenters. The van der Waals surface area contributed by atoms with Gasteiger partial charge in [-0.2, -0.15) is 0 Å².